The molecule has 0 aliphatic rings. The van der Waals surface area contributed by atoms with E-state index in [0.717, 1.165) is 32.1 Å². The van der Waals surface area contributed by atoms with E-state index < -0.39 is 13.9 Å². The Morgan fingerprint density at radius 3 is 1.53 bits per heavy atom. The summed E-state index contributed by atoms with van der Waals surface area (Å²) in [4.78, 5) is 22.6. The highest BCUT2D eigenvalue weighted by atomic mass is 31.2. The quantitative estimate of drug-likeness (QED) is 0.0332. The second-order valence-corrected chi connectivity index (χ2v) is 14.7. The fourth-order valence-corrected chi connectivity index (χ4v) is 5.59. The van der Waals surface area contributed by atoms with E-state index in [1.165, 1.54) is 103 Å². The number of nitrogens with zero attached hydrogens (tertiary/aromatic N) is 1. The number of unbranched alkanes of at least 4 members (excludes halogenated alkanes) is 19. The van der Waals surface area contributed by atoms with Crippen LogP contribution in [-0.2, 0) is 27.9 Å². The van der Waals surface area contributed by atoms with Gasteiger partial charge in [-0.2, -0.15) is 0 Å². The summed E-state index contributed by atoms with van der Waals surface area (Å²) in [5.41, 5.74) is 0. The summed E-state index contributed by atoms with van der Waals surface area (Å²) in [5, 5.41) is 0. The highest BCUT2D eigenvalue weighted by Gasteiger charge is 2.26. The molecule has 0 saturated carbocycles. The summed E-state index contributed by atoms with van der Waals surface area (Å²) in [6, 6.07) is 0. The summed E-state index contributed by atoms with van der Waals surface area (Å²) < 4.78 is 34.7. The first-order chi connectivity index (χ1) is 20.6. The molecular weight excluding hydrogens is 565 g/mol. The lowest BCUT2D eigenvalue weighted by molar-refractivity contribution is -0.870. The third kappa shape index (κ3) is 32.7. The zero-order valence-electron chi connectivity index (χ0n) is 29.0. The Morgan fingerprint density at radius 2 is 1.07 bits per heavy atom. The van der Waals surface area contributed by atoms with Gasteiger partial charge in [0.05, 0.1) is 34.4 Å². The van der Waals surface area contributed by atoms with Crippen molar-refractivity contribution < 1.29 is 37.3 Å². The number of rotatable bonds is 33. The van der Waals surface area contributed by atoms with Crippen LogP contribution in [0.5, 0.6) is 0 Å². The van der Waals surface area contributed by atoms with Crippen molar-refractivity contribution >= 4 is 13.8 Å². The molecule has 0 aliphatic carbocycles. The van der Waals surface area contributed by atoms with E-state index in [1.807, 2.05) is 21.1 Å². The van der Waals surface area contributed by atoms with Gasteiger partial charge in [-0.25, -0.2) is 4.57 Å². The number of hydrogen-bond acceptors (Lipinski definition) is 6. The van der Waals surface area contributed by atoms with Crippen molar-refractivity contribution in [2.24, 2.45) is 0 Å². The molecule has 0 rings (SSSR count). The Hall–Kier alpha value is -0.500. The molecule has 0 spiro atoms. The fraction of sp³-hybridized carbons (Fsp3) is 0.971. The number of phosphoric acid groups is 1. The van der Waals surface area contributed by atoms with Crippen LogP contribution in [0.2, 0.25) is 0 Å². The molecule has 0 aliphatic heterocycles. The second-order valence-electron chi connectivity index (χ2n) is 13.3. The minimum Gasteiger partial charge on any atom is -0.457 e. The van der Waals surface area contributed by atoms with Crippen LogP contribution in [0.15, 0.2) is 0 Å². The first kappa shape index (κ1) is 42.5. The number of ether oxygens (including phenoxy) is 2. The van der Waals surface area contributed by atoms with Gasteiger partial charge in [-0.3, -0.25) is 13.8 Å². The first-order valence-corrected chi connectivity index (χ1v) is 19.3. The standard InChI is InChI=1S/C34H70NO7P/c1-6-8-10-12-14-15-16-17-18-19-20-22-24-26-29-39-31-33(32-41-43(37,38)40-30-28-35(3,4)5)42-34(36)27-25-23-21-13-11-9-7-2/h33H,6-32H2,1-5H3/p+1. The Morgan fingerprint density at radius 1 is 0.628 bits per heavy atom. The van der Waals surface area contributed by atoms with E-state index in [2.05, 4.69) is 13.8 Å². The van der Waals surface area contributed by atoms with E-state index in [0.29, 0.717) is 24.1 Å². The average Bonchev–Trinajstić information content (AvgIpc) is 2.94. The van der Waals surface area contributed by atoms with Gasteiger partial charge in [0, 0.05) is 13.0 Å². The minimum absolute atomic E-state index is 0.0929. The first-order valence-electron chi connectivity index (χ1n) is 17.8. The number of carbonyl (C=O) groups is 1. The lowest BCUT2D eigenvalue weighted by Gasteiger charge is -2.24. The molecule has 8 nitrogen and oxygen atoms in total. The van der Waals surface area contributed by atoms with Gasteiger partial charge in [0.2, 0.25) is 0 Å². The number of quaternary nitrogens is 1. The zero-order chi connectivity index (χ0) is 32.1. The van der Waals surface area contributed by atoms with Gasteiger partial charge in [0.15, 0.2) is 0 Å². The molecule has 0 aromatic heterocycles. The van der Waals surface area contributed by atoms with Crippen molar-refractivity contribution in [2.75, 3.05) is 54.1 Å². The van der Waals surface area contributed by atoms with Crippen LogP contribution in [0.4, 0.5) is 0 Å². The van der Waals surface area contributed by atoms with E-state index in [9.17, 15) is 14.3 Å². The van der Waals surface area contributed by atoms with Crippen molar-refractivity contribution in [2.45, 2.75) is 161 Å². The lowest BCUT2D eigenvalue weighted by Crippen LogP contribution is -2.37. The topological polar surface area (TPSA) is 91.3 Å². The summed E-state index contributed by atoms with van der Waals surface area (Å²) in [5.74, 6) is -0.319. The SMILES string of the molecule is CCCCCCCCCCCCCCCCOCC(COP(=O)(O)OCC[N+](C)(C)C)OC(=O)CCCCCCCCC. The Labute approximate surface area is 266 Å². The van der Waals surface area contributed by atoms with Crippen LogP contribution in [0, 0.1) is 0 Å². The minimum atomic E-state index is -4.25. The van der Waals surface area contributed by atoms with Gasteiger partial charge >= 0.3 is 13.8 Å². The van der Waals surface area contributed by atoms with Crippen molar-refractivity contribution in [3.8, 4) is 0 Å². The molecule has 0 bridgehead atoms. The number of esters is 1. The lowest BCUT2D eigenvalue weighted by atomic mass is 10.0. The van der Waals surface area contributed by atoms with Crippen molar-refractivity contribution in [1.29, 1.82) is 0 Å². The van der Waals surface area contributed by atoms with Crippen LogP contribution in [0.25, 0.3) is 0 Å². The van der Waals surface area contributed by atoms with Gasteiger partial charge in [0.25, 0.3) is 0 Å². The van der Waals surface area contributed by atoms with E-state index >= 15 is 0 Å². The van der Waals surface area contributed by atoms with Crippen LogP contribution in [0.1, 0.15) is 155 Å². The van der Waals surface area contributed by atoms with Gasteiger partial charge in [-0.05, 0) is 12.8 Å². The maximum atomic E-state index is 12.5. The van der Waals surface area contributed by atoms with Crippen LogP contribution >= 0.6 is 7.82 Å². The predicted molar refractivity (Wildman–Crippen MR) is 178 cm³/mol. The number of phosphoric ester groups is 1. The zero-order valence-corrected chi connectivity index (χ0v) is 29.9. The molecular formula is C34H71NO7P+. The Balaban J connectivity index is 4.23. The van der Waals surface area contributed by atoms with E-state index in [-0.39, 0.29) is 25.8 Å². The molecule has 0 aromatic rings. The number of carbonyl (C=O) groups excluding carboxylic acids is 1. The largest absolute Gasteiger partial charge is 0.472 e. The van der Waals surface area contributed by atoms with Crippen LogP contribution < -0.4 is 0 Å². The monoisotopic (exact) mass is 636 g/mol. The molecule has 9 heteroatoms. The van der Waals surface area contributed by atoms with Gasteiger partial charge < -0.3 is 18.9 Å². The molecule has 258 valence electrons. The molecule has 0 amide bonds. The Bertz CT molecular complexity index is 672. The highest BCUT2D eigenvalue weighted by Crippen LogP contribution is 2.43. The fourth-order valence-electron chi connectivity index (χ4n) is 4.85. The summed E-state index contributed by atoms with van der Waals surface area (Å²) >= 11 is 0. The van der Waals surface area contributed by atoms with Crippen molar-refractivity contribution in [1.82, 2.24) is 0 Å². The summed E-state index contributed by atoms with van der Waals surface area (Å²) in [6.45, 7) is 5.60. The van der Waals surface area contributed by atoms with Crippen molar-refractivity contribution in [3.05, 3.63) is 0 Å². The molecule has 0 aromatic carbocycles. The summed E-state index contributed by atoms with van der Waals surface area (Å²) in [7, 11) is 1.68. The Kier molecular flexibility index (Phi) is 28.6. The smallest absolute Gasteiger partial charge is 0.457 e. The molecule has 2 atom stereocenters. The van der Waals surface area contributed by atoms with Gasteiger partial charge in [-0.15, -0.1) is 0 Å². The van der Waals surface area contributed by atoms with Gasteiger partial charge in [0.1, 0.15) is 19.3 Å². The van der Waals surface area contributed by atoms with E-state index in [4.69, 9.17) is 18.5 Å². The molecule has 0 fully saturated rings. The highest BCUT2D eigenvalue weighted by molar-refractivity contribution is 7.47. The normalized spacial score (nSPS) is 14.1. The van der Waals surface area contributed by atoms with E-state index in [1.54, 1.807) is 0 Å². The van der Waals surface area contributed by atoms with Gasteiger partial charge in [-0.1, -0.05) is 136 Å². The molecule has 43 heavy (non-hydrogen) atoms. The molecule has 0 radical (unpaired) electrons. The third-order valence-corrected chi connectivity index (χ3v) is 8.65. The number of hydrogen-bond donors (Lipinski definition) is 1. The molecule has 0 heterocycles. The second kappa shape index (κ2) is 28.9. The maximum absolute atomic E-state index is 12.5. The predicted octanol–water partition coefficient (Wildman–Crippen LogP) is 9.38. The molecule has 0 saturated heterocycles. The molecule has 1 N–H and O–H groups in total. The summed E-state index contributed by atoms with van der Waals surface area (Å²) in [6.07, 6.45) is 25.6. The van der Waals surface area contributed by atoms with Crippen molar-refractivity contribution in [3.63, 3.8) is 0 Å². The van der Waals surface area contributed by atoms with Crippen LogP contribution in [-0.4, -0.2) is 75.6 Å². The maximum Gasteiger partial charge on any atom is 0.472 e. The number of likely N-dealkylation sites (N-methyl/N-ethyl adjacent to an activating group) is 1. The third-order valence-electron chi connectivity index (χ3n) is 7.67. The van der Waals surface area contributed by atoms with Crippen LogP contribution in [0.3, 0.4) is 0 Å². The average molecular weight is 637 g/mol. The molecule has 2 unspecified atom stereocenters.